The Kier molecular flexibility index (Phi) is 37.4. The Hall–Kier alpha value is -1.28. The Labute approximate surface area is 340 Å². The lowest BCUT2D eigenvalue weighted by Gasteiger charge is -2.29. The first-order chi connectivity index (χ1) is 26.5. The lowest BCUT2D eigenvalue weighted by Crippen LogP contribution is -2.45. The van der Waals surface area contributed by atoms with Crippen LogP contribution in [0.15, 0.2) is 36.5 Å². The fourth-order valence-corrected chi connectivity index (χ4v) is 7.12. The second kappa shape index (κ2) is 38.2. The number of aliphatic hydroxyl groups excluding tert-OH is 1. The fraction of sp³-hybridized carbons (Fsp3) is 0.848. The van der Waals surface area contributed by atoms with Gasteiger partial charge in [0.05, 0.1) is 39.9 Å². The van der Waals surface area contributed by atoms with Crippen LogP contribution in [0.25, 0.3) is 0 Å². The van der Waals surface area contributed by atoms with Gasteiger partial charge < -0.3 is 28.8 Å². The standard InChI is InChI=1S/C46H89N2O6P/c1-6-8-10-12-14-16-18-20-22-24-26-28-30-32-34-36-38-40-46(50)47-44(43-54-55(51,52)53-42-41-48(3,4)5)45(49)39-37-35-33-31-29-27-25-23-21-19-17-15-13-11-9-7-2/h20,22,29,31,37,39,44-45,49H,6-19,21,23-28,30,32-36,38,40-43H2,1-5H3,(H-,47,50,51,52)/b22-20-,31-29+,39-37+. The van der Waals surface area contributed by atoms with Crippen molar-refractivity contribution in [2.45, 2.75) is 212 Å². The molecule has 55 heavy (non-hydrogen) atoms. The van der Waals surface area contributed by atoms with Gasteiger partial charge in [-0.1, -0.05) is 172 Å². The predicted octanol–water partition coefficient (Wildman–Crippen LogP) is 12.1. The smallest absolute Gasteiger partial charge is 0.268 e. The second-order valence-corrected chi connectivity index (χ2v) is 18.2. The molecule has 0 aromatic carbocycles. The van der Waals surface area contributed by atoms with E-state index in [0.717, 1.165) is 38.5 Å². The minimum atomic E-state index is -4.59. The van der Waals surface area contributed by atoms with Crippen molar-refractivity contribution < 1.29 is 32.9 Å². The van der Waals surface area contributed by atoms with Gasteiger partial charge in [0, 0.05) is 6.42 Å². The molecule has 0 aromatic heterocycles. The summed E-state index contributed by atoms with van der Waals surface area (Å²) >= 11 is 0. The molecule has 0 saturated carbocycles. The van der Waals surface area contributed by atoms with Crippen molar-refractivity contribution in [3.8, 4) is 0 Å². The molecule has 324 valence electrons. The number of unbranched alkanes of at least 4 members (excludes halogenated alkanes) is 24. The number of rotatable bonds is 41. The second-order valence-electron chi connectivity index (χ2n) is 16.7. The summed E-state index contributed by atoms with van der Waals surface area (Å²) in [5.41, 5.74) is 0. The van der Waals surface area contributed by atoms with Crippen LogP contribution < -0.4 is 10.2 Å². The number of carbonyl (C=O) groups is 1. The van der Waals surface area contributed by atoms with Crippen molar-refractivity contribution in [2.24, 2.45) is 0 Å². The van der Waals surface area contributed by atoms with Crippen LogP contribution in [0, 0.1) is 0 Å². The molecule has 2 N–H and O–H groups in total. The van der Waals surface area contributed by atoms with Gasteiger partial charge in [0.2, 0.25) is 5.91 Å². The lowest BCUT2D eigenvalue weighted by atomic mass is 10.1. The molecule has 0 radical (unpaired) electrons. The number of hydrogen-bond acceptors (Lipinski definition) is 6. The average Bonchev–Trinajstić information content (AvgIpc) is 3.13. The highest BCUT2D eigenvalue weighted by molar-refractivity contribution is 7.45. The maximum atomic E-state index is 12.9. The minimum absolute atomic E-state index is 0.00711. The average molecular weight is 797 g/mol. The van der Waals surface area contributed by atoms with Gasteiger partial charge in [-0.05, 0) is 57.8 Å². The van der Waals surface area contributed by atoms with E-state index in [9.17, 15) is 19.4 Å². The molecule has 0 saturated heterocycles. The third kappa shape index (κ3) is 40.7. The molecule has 9 heteroatoms. The molecule has 0 bridgehead atoms. The summed E-state index contributed by atoms with van der Waals surface area (Å²) in [6, 6.07) is -0.903. The third-order valence-corrected chi connectivity index (χ3v) is 11.0. The molecule has 0 fully saturated rings. The fourth-order valence-electron chi connectivity index (χ4n) is 6.40. The Balaban J connectivity index is 4.46. The maximum absolute atomic E-state index is 12.9. The van der Waals surface area contributed by atoms with Crippen LogP contribution in [-0.4, -0.2) is 68.5 Å². The number of nitrogens with zero attached hydrogens (tertiary/aromatic N) is 1. The summed E-state index contributed by atoms with van der Waals surface area (Å²) in [6.45, 7) is 4.61. The molecule has 0 aliphatic heterocycles. The lowest BCUT2D eigenvalue weighted by molar-refractivity contribution is -0.870. The zero-order valence-corrected chi connectivity index (χ0v) is 37.5. The Morgan fingerprint density at radius 3 is 1.47 bits per heavy atom. The summed E-state index contributed by atoms with van der Waals surface area (Å²) in [6.07, 6.45) is 46.2. The largest absolute Gasteiger partial charge is 0.756 e. The normalized spacial score (nSPS) is 14.7. The van der Waals surface area contributed by atoms with Gasteiger partial charge in [-0.3, -0.25) is 9.36 Å². The number of likely N-dealkylation sites (N-methyl/N-ethyl adjacent to an activating group) is 1. The molecule has 0 aliphatic rings. The van der Waals surface area contributed by atoms with Crippen molar-refractivity contribution in [2.75, 3.05) is 40.9 Å². The van der Waals surface area contributed by atoms with Gasteiger partial charge in [0.1, 0.15) is 13.2 Å². The van der Waals surface area contributed by atoms with Crippen molar-refractivity contribution >= 4 is 13.7 Å². The summed E-state index contributed by atoms with van der Waals surface area (Å²) in [5.74, 6) is -0.213. The number of hydrogen-bond donors (Lipinski definition) is 2. The van der Waals surface area contributed by atoms with E-state index in [1.165, 1.54) is 141 Å². The molecule has 8 nitrogen and oxygen atoms in total. The molecule has 1 amide bonds. The first kappa shape index (κ1) is 53.7. The Morgan fingerprint density at radius 1 is 0.618 bits per heavy atom. The number of phosphoric acid groups is 1. The van der Waals surface area contributed by atoms with E-state index in [0.29, 0.717) is 17.4 Å². The van der Waals surface area contributed by atoms with Gasteiger partial charge in [-0.25, -0.2) is 0 Å². The molecule has 0 rings (SSSR count). The van der Waals surface area contributed by atoms with E-state index >= 15 is 0 Å². The van der Waals surface area contributed by atoms with Crippen LogP contribution in [0.4, 0.5) is 0 Å². The summed E-state index contributed by atoms with van der Waals surface area (Å²) < 4.78 is 23.2. The van der Waals surface area contributed by atoms with Crippen molar-refractivity contribution in [1.82, 2.24) is 5.32 Å². The van der Waals surface area contributed by atoms with Crippen LogP contribution in [-0.2, 0) is 18.4 Å². The predicted molar refractivity (Wildman–Crippen MR) is 233 cm³/mol. The van der Waals surface area contributed by atoms with Crippen molar-refractivity contribution in [1.29, 1.82) is 0 Å². The summed E-state index contributed by atoms with van der Waals surface area (Å²) in [5, 5.41) is 13.8. The van der Waals surface area contributed by atoms with Gasteiger partial charge in [0.25, 0.3) is 7.82 Å². The number of amides is 1. The zero-order valence-electron chi connectivity index (χ0n) is 36.6. The number of carbonyl (C=O) groups excluding carboxylic acids is 1. The van der Waals surface area contributed by atoms with Gasteiger partial charge in [-0.15, -0.1) is 0 Å². The van der Waals surface area contributed by atoms with E-state index in [1.54, 1.807) is 6.08 Å². The third-order valence-electron chi connectivity index (χ3n) is 10.1. The number of nitrogens with one attached hydrogen (secondary N) is 1. The molecule has 0 spiro atoms. The highest BCUT2D eigenvalue weighted by Crippen LogP contribution is 2.38. The highest BCUT2D eigenvalue weighted by Gasteiger charge is 2.23. The summed E-state index contributed by atoms with van der Waals surface area (Å²) in [4.78, 5) is 25.3. The highest BCUT2D eigenvalue weighted by atomic mass is 31.2. The molecular formula is C46H89N2O6P. The topological polar surface area (TPSA) is 108 Å². The quantitative estimate of drug-likeness (QED) is 0.0276. The molecule has 3 unspecified atom stereocenters. The van der Waals surface area contributed by atoms with Crippen LogP contribution in [0.5, 0.6) is 0 Å². The first-order valence-electron chi connectivity index (χ1n) is 22.9. The SMILES string of the molecule is CCCCCCCC/C=C\CCCCCCCCCC(=O)NC(COP(=O)([O-])OCC[N+](C)(C)C)C(O)/C=C/CC/C=C/CCCCCCCCCCCC. The van der Waals surface area contributed by atoms with Crippen LogP contribution in [0.2, 0.25) is 0 Å². The zero-order chi connectivity index (χ0) is 40.7. The van der Waals surface area contributed by atoms with E-state index in [4.69, 9.17) is 9.05 Å². The Bertz CT molecular complexity index is 995. The van der Waals surface area contributed by atoms with E-state index in [1.807, 2.05) is 27.2 Å². The van der Waals surface area contributed by atoms with E-state index < -0.39 is 26.6 Å². The van der Waals surface area contributed by atoms with Gasteiger partial charge in [0.15, 0.2) is 0 Å². The Morgan fingerprint density at radius 2 is 1.02 bits per heavy atom. The van der Waals surface area contributed by atoms with Gasteiger partial charge in [-0.2, -0.15) is 0 Å². The van der Waals surface area contributed by atoms with Crippen molar-refractivity contribution in [3.63, 3.8) is 0 Å². The van der Waals surface area contributed by atoms with Crippen LogP contribution in [0.1, 0.15) is 200 Å². The molecule has 3 atom stereocenters. The number of phosphoric ester groups is 1. The number of aliphatic hydroxyl groups is 1. The minimum Gasteiger partial charge on any atom is -0.756 e. The number of allylic oxidation sites excluding steroid dienone is 5. The first-order valence-corrected chi connectivity index (χ1v) is 24.3. The van der Waals surface area contributed by atoms with Gasteiger partial charge >= 0.3 is 0 Å². The van der Waals surface area contributed by atoms with Crippen LogP contribution in [0.3, 0.4) is 0 Å². The van der Waals surface area contributed by atoms with E-state index in [2.05, 4.69) is 43.5 Å². The monoisotopic (exact) mass is 797 g/mol. The van der Waals surface area contributed by atoms with Crippen molar-refractivity contribution in [3.05, 3.63) is 36.5 Å². The summed E-state index contributed by atoms with van der Waals surface area (Å²) in [7, 11) is 1.24. The maximum Gasteiger partial charge on any atom is 0.268 e. The molecule has 0 aromatic rings. The molecular weight excluding hydrogens is 707 g/mol. The molecule has 0 aliphatic carbocycles. The van der Waals surface area contributed by atoms with E-state index in [-0.39, 0.29) is 12.5 Å². The van der Waals surface area contributed by atoms with Crippen LogP contribution >= 0.6 is 7.82 Å². The molecule has 0 heterocycles. The number of quaternary nitrogens is 1.